The fourth-order valence-electron chi connectivity index (χ4n) is 2.77. The lowest BCUT2D eigenvalue weighted by molar-refractivity contribution is 0.350. The van der Waals surface area contributed by atoms with E-state index in [0.29, 0.717) is 16.7 Å². The molecule has 0 saturated heterocycles. The number of nitrogens with one attached hydrogen (secondary N) is 1. The fourth-order valence-corrected chi connectivity index (χ4v) is 2.77. The first-order valence-corrected chi connectivity index (χ1v) is 9.76. The van der Waals surface area contributed by atoms with E-state index in [1.807, 2.05) is 68.6 Å². The molecule has 1 aromatic rings. The number of hydrogen-bond acceptors (Lipinski definition) is 2. The maximum absolute atomic E-state index is 10.6. The summed E-state index contributed by atoms with van der Waals surface area (Å²) in [5.41, 5.74) is 4.84. The Morgan fingerprint density at radius 3 is 2.38 bits per heavy atom. The Morgan fingerprint density at radius 2 is 1.72 bits per heavy atom. The molecule has 0 aliphatic rings. The van der Waals surface area contributed by atoms with Crippen molar-refractivity contribution in [3.63, 3.8) is 0 Å². The summed E-state index contributed by atoms with van der Waals surface area (Å²) in [7, 11) is 6.08. The van der Waals surface area contributed by atoms with Crippen molar-refractivity contribution in [2.24, 2.45) is 0 Å². The first-order chi connectivity index (χ1) is 13.7. The second-order valence-electron chi connectivity index (χ2n) is 7.27. The highest BCUT2D eigenvalue weighted by Gasteiger charge is 2.27. The highest BCUT2D eigenvalue weighted by molar-refractivity contribution is 5.68. The number of hydrogen-bond donors (Lipinski definition) is 2. The lowest BCUT2D eigenvalue weighted by Gasteiger charge is -2.31. The normalized spacial score (nSPS) is 13.1. The van der Waals surface area contributed by atoms with Gasteiger partial charge in [0, 0.05) is 26.5 Å². The summed E-state index contributed by atoms with van der Waals surface area (Å²) in [6.45, 7) is 13.4. The van der Waals surface area contributed by atoms with Gasteiger partial charge in [0.25, 0.3) is 0 Å². The molecule has 0 amide bonds. The molecule has 154 valence electrons. The number of aliphatic hydroxyl groups excluding tert-OH is 1. The predicted octanol–water partition coefficient (Wildman–Crippen LogP) is 6.83. The van der Waals surface area contributed by atoms with Crippen molar-refractivity contribution in [1.82, 2.24) is 4.48 Å². The van der Waals surface area contributed by atoms with Gasteiger partial charge in [-0.05, 0) is 23.6 Å². The maximum Gasteiger partial charge on any atom is 0.160 e. The van der Waals surface area contributed by atoms with Gasteiger partial charge in [0.05, 0.1) is 19.8 Å². The molecule has 0 bridgehead atoms. The standard InChI is InChI=1S/C26H34N2O/c1-8-21(2)19-20-22(3)15-11-9-10-12-18-26(29)23(4)28(6,7)25-17-14-13-16-24(25)27-5/h8-11,13-17,19-20,27H,1-3,12,18H2,4-7H3/p+1/b10-9-,15-11-,20-19-,26-23?. The molecule has 0 radical (unpaired) electrons. The van der Waals surface area contributed by atoms with E-state index in [1.165, 1.54) is 0 Å². The summed E-state index contributed by atoms with van der Waals surface area (Å²) in [4.78, 5) is 0. The average molecular weight is 392 g/mol. The molecule has 2 N–H and O–H groups in total. The van der Waals surface area contributed by atoms with Crippen LogP contribution in [0.4, 0.5) is 11.4 Å². The van der Waals surface area contributed by atoms with Crippen LogP contribution in [-0.4, -0.2) is 26.2 Å². The maximum atomic E-state index is 10.6. The monoisotopic (exact) mass is 391 g/mol. The van der Waals surface area contributed by atoms with Gasteiger partial charge in [-0.15, -0.1) is 0 Å². The molecule has 1 aromatic carbocycles. The van der Waals surface area contributed by atoms with Crippen molar-refractivity contribution in [2.45, 2.75) is 19.8 Å². The lowest BCUT2D eigenvalue weighted by Crippen LogP contribution is -2.39. The Labute approximate surface area is 176 Å². The molecular formula is C26H35N2O+. The number of rotatable bonds is 11. The summed E-state index contributed by atoms with van der Waals surface area (Å²) >= 11 is 0. The van der Waals surface area contributed by atoms with Crippen LogP contribution in [0.1, 0.15) is 19.8 Å². The van der Waals surface area contributed by atoms with Crippen molar-refractivity contribution in [2.75, 3.05) is 26.5 Å². The smallest absolute Gasteiger partial charge is 0.160 e. The molecule has 3 heteroatoms. The summed E-state index contributed by atoms with van der Waals surface area (Å²) in [6.07, 6.45) is 14.7. The van der Waals surface area contributed by atoms with Crippen LogP contribution >= 0.6 is 0 Å². The SMILES string of the molecule is C=CC(=C)/C=C\C(=C)/C=C\C=C/CCC(O)=C(C)[N+](C)(C)c1ccccc1NC. The Hall–Kier alpha value is -3.04. The van der Waals surface area contributed by atoms with Gasteiger partial charge in [0.1, 0.15) is 11.5 Å². The molecule has 0 spiro atoms. The van der Waals surface area contributed by atoms with Crippen molar-refractivity contribution in [3.8, 4) is 0 Å². The van der Waals surface area contributed by atoms with Crippen LogP contribution in [0.2, 0.25) is 0 Å². The van der Waals surface area contributed by atoms with Crippen molar-refractivity contribution in [3.05, 3.63) is 109 Å². The van der Waals surface area contributed by atoms with Crippen LogP contribution in [0.3, 0.4) is 0 Å². The van der Waals surface area contributed by atoms with Crippen LogP contribution < -0.4 is 9.80 Å². The molecule has 0 aromatic heterocycles. The number of anilines is 1. The van der Waals surface area contributed by atoms with E-state index in [0.717, 1.165) is 34.6 Å². The van der Waals surface area contributed by atoms with Crippen molar-refractivity contribution >= 4 is 11.4 Å². The van der Waals surface area contributed by atoms with E-state index in [9.17, 15) is 5.11 Å². The number of allylic oxidation sites excluding steroid dienone is 11. The predicted molar refractivity (Wildman–Crippen MR) is 130 cm³/mol. The van der Waals surface area contributed by atoms with Gasteiger partial charge in [-0.1, -0.05) is 74.4 Å². The number of benzene rings is 1. The average Bonchev–Trinajstić information content (AvgIpc) is 2.73. The van der Waals surface area contributed by atoms with E-state index in [1.54, 1.807) is 6.08 Å². The lowest BCUT2D eigenvalue weighted by atomic mass is 10.1. The zero-order chi connectivity index (χ0) is 21.9. The van der Waals surface area contributed by atoms with Crippen LogP contribution in [0, 0.1) is 0 Å². The van der Waals surface area contributed by atoms with E-state index in [2.05, 4.69) is 45.2 Å². The van der Waals surface area contributed by atoms with Gasteiger partial charge in [0.2, 0.25) is 0 Å². The second kappa shape index (κ2) is 11.7. The van der Waals surface area contributed by atoms with E-state index < -0.39 is 0 Å². The quantitative estimate of drug-likeness (QED) is 0.246. The Balaban J connectivity index is 2.70. The third-order valence-corrected chi connectivity index (χ3v) is 4.91. The molecule has 0 saturated carbocycles. The van der Waals surface area contributed by atoms with Crippen molar-refractivity contribution < 1.29 is 5.11 Å². The topological polar surface area (TPSA) is 32.3 Å². The molecule has 1 rings (SSSR count). The first-order valence-electron chi connectivity index (χ1n) is 9.76. The Bertz CT molecular complexity index is 851. The molecule has 0 aliphatic carbocycles. The van der Waals surface area contributed by atoms with Gasteiger partial charge in [-0.25, -0.2) is 0 Å². The van der Waals surface area contributed by atoms with Crippen LogP contribution in [0.25, 0.3) is 0 Å². The summed E-state index contributed by atoms with van der Waals surface area (Å²) in [6, 6.07) is 8.16. The largest absolute Gasteiger partial charge is 0.507 e. The summed E-state index contributed by atoms with van der Waals surface area (Å²) in [5, 5.41) is 13.8. The van der Waals surface area contributed by atoms with E-state index >= 15 is 0 Å². The molecule has 0 unspecified atom stereocenters. The van der Waals surface area contributed by atoms with Crippen LogP contribution in [0.5, 0.6) is 0 Å². The van der Waals surface area contributed by atoms with Crippen LogP contribution in [0.15, 0.2) is 109 Å². The highest BCUT2D eigenvalue weighted by Crippen LogP contribution is 2.33. The molecule has 0 heterocycles. The summed E-state index contributed by atoms with van der Waals surface area (Å²) in [5.74, 6) is 0.421. The van der Waals surface area contributed by atoms with Crippen LogP contribution in [-0.2, 0) is 0 Å². The number of nitrogens with zero attached hydrogens (tertiary/aromatic N) is 1. The second-order valence-corrected chi connectivity index (χ2v) is 7.27. The van der Waals surface area contributed by atoms with Gasteiger partial charge in [-0.2, -0.15) is 0 Å². The zero-order valence-corrected chi connectivity index (χ0v) is 18.3. The first kappa shape index (κ1) is 24.0. The molecular weight excluding hydrogens is 356 g/mol. The van der Waals surface area contributed by atoms with Gasteiger partial charge in [0.15, 0.2) is 5.69 Å². The van der Waals surface area contributed by atoms with Gasteiger partial charge < -0.3 is 10.4 Å². The molecule has 29 heavy (non-hydrogen) atoms. The highest BCUT2D eigenvalue weighted by atomic mass is 16.3. The minimum Gasteiger partial charge on any atom is -0.507 e. The minimum atomic E-state index is 0.421. The number of quaternary nitrogens is 1. The van der Waals surface area contributed by atoms with E-state index in [-0.39, 0.29) is 0 Å². The zero-order valence-electron chi connectivity index (χ0n) is 18.3. The molecule has 0 fully saturated rings. The minimum absolute atomic E-state index is 0.421. The van der Waals surface area contributed by atoms with Gasteiger partial charge >= 0.3 is 0 Å². The number of aliphatic hydroxyl groups is 1. The third kappa shape index (κ3) is 7.47. The molecule has 3 nitrogen and oxygen atoms in total. The summed E-state index contributed by atoms with van der Waals surface area (Å²) < 4.78 is 0.495. The number of para-hydroxylation sites is 2. The third-order valence-electron chi connectivity index (χ3n) is 4.91. The molecule has 0 aliphatic heterocycles. The Kier molecular flexibility index (Phi) is 9.70. The fraction of sp³-hybridized carbons (Fsp3) is 0.231. The Morgan fingerprint density at radius 1 is 1.07 bits per heavy atom. The molecule has 0 atom stereocenters. The van der Waals surface area contributed by atoms with E-state index in [4.69, 9.17) is 0 Å². The van der Waals surface area contributed by atoms with Crippen molar-refractivity contribution in [1.29, 1.82) is 0 Å². The van der Waals surface area contributed by atoms with Gasteiger partial charge in [-0.3, -0.25) is 4.48 Å².